The van der Waals surface area contributed by atoms with Gasteiger partial charge in [0.05, 0.1) is 35.8 Å². The maximum Gasteiger partial charge on any atom is 0.349 e. The monoisotopic (exact) mass is 478 g/mol. The number of aromatic nitrogens is 3. The number of pyridine rings is 1. The molecule has 0 spiro atoms. The highest BCUT2D eigenvalue weighted by atomic mass is 32.2. The van der Waals surface area contributed by atoms with Crippen LogP contribution in [0.15, 0.2) is 58.5 Å². The van der Waals surface area contributed by atoms with E-state index >= 15 is 0 Å². The van der Waals surface area contributed by atoms with Gasteiger partial charge in [-0.05, 0) is 56.9 Å². The lowest BCUT2D eigenvalue weighted by atomic mass is 9.97. The maximum absolute atomic E-state index is 12.9. The molecule has 2 aromatic heterocycles. The number of nitrogens with one attached hydrogen (secondary N) is 1. The maximum atomic E-state index is 12.9. The molecule has 4 rings (SSSR count). The van der Waals surface area contributed by atoms with E-state index in [0.717, 1.165) is 42.6 Å². The van der Waals surface area contributed by atoms with Gasteiger partial charge in [0.1, 0.15) is 5.03 Å². The lowest BCUT2D eigenvalue weighted by Gasteiger charge is -2.22. The van der Waals surface area contributed by atoms with Crippen molar-refractivity contribution in [3.8, 4) is 0 Å². The number of benzene rings is 1. The molecule has 2 heterocycles. The molecule has 1 aliphatic carbocycles. The van der Waals surface area contributed by atoms with Crippen molar-refractivity contribution in [1.82, 2.24) is 14.5 Å². The van der Waals surface area contributed by atoms with Crippen molar-refractivity contribution in [3.63, 3.8) is 0 Å². The van der Waals surface area contributed by atoms with Crippen molar-refractivity contribution in [2.24, 2.45) is 0 Å². The summed E-state index contributed by atoms with van der Waals surface area (Å²) in [6, 6.07) is 12.4. The summed E-state index contributed by atoms with van der Waals surface area (Å²) in [7, 11) is 0. The zero-order valence-electron chi connectivity index (χ0n) is 19.0. The van der Waals surface area contributed by atoms with Crippen LogP contribution in [-0.2, 0) is 28.9 Å². The molecule has 1 aromatic carbocycles. The summed E-state index contributed by atoms with van der Waals surface area (Å²) < 4.78 is 6.77. The molecule has 0 fully saturated rings. The molecule has 1 aliphatic rings. The molecule has 0 unspecified atom stereocenters. The van der Waals surface area contributed by atoms with Crippen LogP contribution < -0.4 is 11.0 Å². The van der Waals surface area contributed by atoms with Crippen LogP contribution in [0, 0.1) is 0 Å². The predicted octanol–water partition coefficient (Wildman–Crippen LogP) is 3.47. The summed E-state index contributed by atoms with van der Waals surface area (Å²) in [6.07, 6.45) is 5.35. The summed E-state index contributed by atoms with van der Waals surface area (Å²) in [4.78, 5) is 46.4. The van der Waals surface area contributed by atoms with Gasteiger partial charge in [-0.15, -0.1) is 0 Å². The van der Waals surface area contributed by atoms with Crippen LogP contribution in [0.1, 0.15) is 47.1 Å². The van der Waals surface area contributed by atoms with Crippen LogP contribution in [0.2, 0.25) is 0 Å². The summed E-state index contributed by atoms with van der Waals surface area (Å²) in [6.45, 7) is 2.36. The largest absolute Gasteiger partial charge is 0.462 e. The van der Waals surface area contributed by atoms with E-state index in [1.807, 2.05) is 18.2 Å². The average molecular weight is 479 g/mol. The number of nitrogens with zero attached hydrogens (tertiary/aromatic N) is 3. The minimum absolute atomic E-state index is 0.0697. The van der Waals surface area contributed by atoms with Gasteiger partial charge in [-0.2, -0.15) is 4.98 Å². The number of ether oxygens (including phenoxy) is 1. The number of amides is 1. The van der Waals surface area contributed by atoms with Crippen molar-refractivity contribution in [3.05, 3.63) is 81.7 Å². The van der Waals surface area contributed by atoms with E-state index in [-0.39, 0.29) is 24.0 Å². The molecule has 0 aliphatic heterocycles. The van der Waals surface area contributed by atoms with Crippen molar-refractivity contribution in [2.75, 3.05) is 17.7 Å². The quantitative estimate of drug-likeness (QED) is 0.300. The van der Waals surface area contributed by atoms with Crippen LogP contribution in [0.4, 0.5) is 5.69 Å². The molecule has 34 heavy (non-hydrogen) atoms. The third-order valence-corrected chi connectivity index (χ3v) is 6.55. The SMILES string of the molecule is CCOC(=O)c1ccccc1NC(=O)CSc1nc(=O)n(Cc2ccccn2)c2c1CCCC2. The second-order valence-corrected chi connectivity index (χ2v) is 8.81. The Hall–Kier alpha value is -3.46. The minimum atomic E-state index is -0.488. The first kappa shape index (κ1) is 23.7. The average Bonchev–Trinajstić information content (AvgIpc) is 2.86. The van der Waals surface area contributed by atoms with Gasteiger partial charge in [-0.1, -0.05) is 30.0 Å². The Kier molecular flexibility index (Phi) is 7.74. The van der Waals surface area contributed by atoms with Crippen molar-refractivity contribution in [2.45, 2.75) is 44.2 Å². The Balaban J connectivity index is 1.51. The molecule has 8 nitrogen and oxygen atoms in total. The van der Waals surface area contributed by atoms with E-state index in [0.29, 0.717) is 22.8 Å². The highest BCUT2D eigenvalue weighted by Gasteiger charge is 2.22. The van der Waals surface area contributed by atoms with Crippen LogP contribution >= 0.6 is 11.8 Å². The van der Waals surface area contributed by atoms with Crippen LogP contribution in [0.3, 0.4) is 0 Å². The second kappa shape index (κ2) is 11.1. The number of hydrogen-bond donors (Lipinski definition) is 1. The standard InChI is InChI=1S/C25H26N4O4S/c1-2-33-24(31)18-10-3-5-12-20(18)27-22(30)16-34-23-19-11-4-6-13-21(19)29(25(32)28-23)15-17-9-7-8-14-26-17/h3,5,7-10,12,14H,2,4,6,11,13,15-16H2,1H3,(H,27,30). The first-order chi connectivity index (χ1) is 16.6. The van der Waals surface area contributed by atoms with E-state index < -0.39 is 5.97 Å². The van der Waals surface area contributed by atoms with Gasteiger partial charge >= 0.3 is 11.7 Å². The van der Waals surface area contributed by atoms with Crippen LogP contribution in [-0.4, -0.2) is 38.8 Å². The second-order valence-electron chi connectivity index (χ2n) is 7.84. The van der Waals surface area contributed by atoms with Crippen molar-refractivity contribution in [1.29, 1.82) is 0 Å². The molecule has 3 aromatic rings. The fourth-order valence-corrected chi connectivity index (χ4v) is 4.86. The topological polar surface area (TPSA) is 103 Å². The van der Waals surface area contributed by atoms with Gasteiger partial charge in [-0.3, -0.25) is 14.3 Å². The molecule has 0 saturated heterocycles. The highest BCUT2D eigenvalue weighted by Crippen LogP contribution is 2.29. The lowest BCUT2D eigenvalue weighted by Crippen LogP contribution is -2.31. The Labute approximate surface area is 201 Å². The van der Waals surface area contributed by atoms with Gasteiger partial charge in [0.2, 0.25) is 5.91 Å². The molecular weight excluding hydrogens is 452 g/mol. The number of esters is 1. The normalized spacial score (nSPS) is 12.6. The number of para-hydroxylation sites is 1. The minimum Gasteiger partial charge on any atom is -0.462 e. The molecule has 0 atom stereocenters. The van der Waals surface area contributed by atoms with Gasteiger partial charge in [0, 0.05) is 17.5 Å². The van der Waals surface area contributed by atoms with Gasteiger partial charge in [-0.25, -0.2) is 9.59 Å². The number of anilines is 1. The zero-order chi connectivity index (χ0) is 23.9. The van der Waals surface area contributed by atoms with Crippen LogP contribution in [0.25, 0.3) is 0 Å². The molecule has 1 N–H and O–H groups in total. The Morgan fingerprint density at radius 2 is 1.91 bits per heavy atom. The molecule has 9 heteroatoms. The third-order valence-electron chi connectivity index (χ3n) is 5.53. The number of carbonyl (C=O) groups is 2. The van der Waals surface area contributed by atoms with E-state index in [9.17, 15) is 14.4 Å². The van der Waals surface area contributed by atoms with E-state index in [1.54, 1.807) is 42.0 Å². The number of rotatable bonds is 8. The van der Waals surface area contributed by atoms with E-state index in [2.05, 4.69) is 15.3 Å². The fourth-order valence-electron chi connectivity index (χ4n) is 3.98. The molecule has 176 valence electrons. The molecular formula is C25H26N4O4S. The zero-order valence-corrected chi connectivity index (χ0v) is 19.8. The Morgan fingerprint density at radius 1 is 1.12 bits per heavy atom. The first-order valence-corrected chi connectivity index (χ1v) is 12.3. The van der Waals surface area contributed by atoms with Gasteiger partial charge in [0.15, 0.2) is 0 Å². The van der Waals surface area contributed by atoms with Gasteiger partial charge in [0.25, 0.3) is 0 Å². The summed E-state index contributed by atoms with van der Waals surface area (Å²) in [5, 5.41) is 3.38. The number of hydrogen-bond acceptors (Lipinski definition) is 7. The molecule has 0 radical (unpaired) electrons. The lowest BCUT2D eigenvalue weighted by molar-refractivity contribution is -0.113. The molecule has 0 saturated carbocycles. The van der Waals surface area contributed by atoms with E-state index in [1.165, 1.54) is 11.8 Å². The van der Waals surface area contributed by atoms with Crippen molar-refractivity contribution >= 4 is 29.3 Å². The van der Waals surface area contributed by atoms with E-state index in [4.69, 9.17) is 4.74 Å². The Morgan fingerprint density at radius 3 is 2.71 bits per heavy atom. The molecule has 0 bridgehead atoms. The number of fused-ring (bicyclic) bond motifs is 1. The summed E-state index contributed by atoms with van der Waals surface area (Å²) >= 11 is 1.25. The fraction of sp³-hybridized carbons (Fsp3) is 0.320. The summed E-state index contributed by atoms with van der Waals surface area (Å²) in [5.74, 6) is -0.704. The Bertz CT molecular complexity index is 1240. The third kappa shape index (κ3) is 5.53. The molecule has 1 amide bonds. The smallest absolute Gasteiger partial charge is 0.349 e. The van der Waals surface area contributed by atoms with Gasteiger partial charge < -0.3 is 10.1 Å². The number of thioether (sulfide) groups is 1. The number of carbonyl (C=O) groups excluding carboxylic acids is 2. The summed E-state index contributed by atoms with van der Waals surface area (Å²) in [5.41, 5.74) is 3.18. The van der Waals surface area contributed by atoms with Crippen LogP contribution in [0.5, 0.6) is 0 Å². The highest BCUT2D eigenvalue weighted by molar-refractivity contribution is 8.00. The van der Waals surface area contributed by atoms with Crippen molar-refractivity contribution < 1.29 is 14.3 Å². The predicted molar refractivity (Wildman–Crippen MR) is 130 cm³/mol. The first-order valence-electron chi connectivity index (χ1n) is 11.3.